The second-order valence-corrected chi connectivity index (χ2v) is 7.49. The minimum absolute atomic E-state index is 0.0355. The first-order valence-electron chi connectivity index (χ1n) is 9.06. The SMILES string of the molecule is O=C1CC(Cc2ccc(C(=O)NC3CC4CCC(C3)N4)cc2)C(=O)N1. The number of carbonyl (C=O) groups excluding carboxylic acids is 3. The Balaban J connectivity index is 1.34. The van der Waals surface area contributed by atoms with Gasteiger partial charge in [0, 0.05) is 30.1 Å². The maximum atomic E-state index is 12.5. The second kappa shape index (κ2) is 6.59. The summed E-state index contributed by atoms with van der Waals surface area (Å²) in [5.74, 6) is -0.738. The Morgan fingerprint density at radius 2 is 1.76 bits per heavy atom. The first kappa shape index (κ1) is 16.3. The summed E-state index contributed by atoms with van der Waals surface area (Å²) in [6.07, 6.45) is 5.21. The van der Waals surface area contributed by atoms with Gasteiger partial charge in [-0.15, -0.1) is 0 Å². The Kier molecular flexibility index (Phi) is 4.29. The highest BCUT2D eigenvalue weighted by Crippen LogP contribution is 2.27. The minimum atomic E-state index is -0.294. The molecule has 132 valence electrons. The summed E-state index contributed by atoms with van der Waals surface area (Å²) in [5.41, 5.74) is 1.60. The second-order valence-electron chi connectivity index (χ2n) is 7.49. The van der Waals surface area contributed by atoms with Gasteiger partial charge in [0.2, 0.25) is 11.8 Å². The molecule has 0 aliphatic carbocycles. The van der Waals surface area contributed by atoms with Gasteiger partial charge in [0.15, 0.2) is 0 Å². The first-order valence-corrected chi connectivity index (χ1v) is 9.06. The summed E-state index contributed by atoms with van der Waals surface area (Å²) >= 11 is 0. The molecule has 25 heavy (non-hydrogen) atoms. The maximum Gasteiger partial charge on any atom is 0.251 e. The Hall–Kier alpha value is -2.21. The maximum absolute atomic E-state index is 12.5. The van der Waals surface area contributed by atoms with Crippen molar-refractivity contribution >= 4 is 17.7 Å². The average Bonchev–Trinajstić information content (AvgIpc) is 3.09. The molecule has 3 fully saturated rings. The van der Waals surface area contributed by atoms with Crippen LogP contribution in [-0.4, -0.2) is 35.8 Å². The molecular weight excluding hydrogens is 318 g/mol. The average molecular weight is 341 g/mol. The van der Waals surface area contributed by atoms with Gasteiger partial charge in [0.05, 0.1) is 5.92 Å². The van der Waals surface area contributed by atoms with Crippen molar-refractivity contribution in [2.24, 2.45) is 5.92 Å². The number of carbonyl (C=O) groups is 3. The molecule has 3 N–H and O–H groups in total. The highest BCUT2D eigenvalue weighted by atomic mass is 16.2. The van der Waals surface area contributed by atoms with Gasteiger partial charge in [0.25, 0.3) is 5.91 Å². The fourth-order valence-electron chi connectivity index (χ4n) is 4.29. The van der Waals surface area contributed by atoms with E-state index < -0.39 is 0 Å². The third kappa shape index (κ3) is 3.58. The largest absolute Gasteiger partial charge is 0.349 e. The van der Waals surface area contributed by atoms with Crippen LogP contribution >= 0.6 is 0 Å². The van der Waals surface area contributed by atoms with E-state index in [0.717, 1.165) is 18.4 Å². The molecule has 3 aliphatic heterocycles. The van der Waals surface area contributed by atoms with Crippen LogP contribution in [0.15, 0.2) is 24.3 Å². The Morgan fingerprint density at radius 1 is 1.08 bits per heavy atom. The van der Waals surface area contributed by atoms with E-state index in [2.05, 4.69) is 16.0 Å². The number of fused-ring (bicyclic) bond motifs is 2. The lowest BCUT2D eigenvalue weighted by Gasteiger charge is -2.29. The van der Waals surface area contributed by atoms with Gasteiger partial charge < -0.3 is 10.6 Å². The van der Waals surface area contributed by atoms with Crippen molar-refractivity contribution in [3.63, 3.8) is 0 Å². The van der Waals surface area contributed by atoms with Crippen LogP contribution in [0.4, 0.5) is 0 Å². The van der Waals surface area contributed by atoms with Crippen molar-refractivity contribution in [3.05, 3.63) is 35.4 Å². The molecule has 3 unspecified atom stereocenters. The monoisotopic (exact) mass is 341 g/mol. The predicted molar refractivity (Wildman–Crippen MR) is 91.8 cm³/mol. The van der Waals surface area contributed by atoms with Gasteiger partial charge >= 0.3 is 0 Å². The summed E-state index contributed by atoms with van der Waals surface area (Å²) in [6.45, 7) is 0. The summed E-state index contributed by atoms with van der Waals surface area (Å²) in [6, 6.07) is 8.69. The normalized spacial score (nSPS) is 31.0. The van der Waals surface area contributed by atoms with Gasteiger partial charge in [-0.05, 0) is 49.8 Å². The number of imide groups is 1. The molecule has 4 rings (SSSR count). The molecule has 1 aromatic rings. The van der Waals surface area contributed by atoms with Crippen molar-refractivity contribution in [2.45, 2.75) is 56.7 Å². The molecule has 3 aliphatic rings. The Labute approximate surface area is 146 Å². The lowest BCUT2D eigenvalue weighted by molar-refractivity contribution is -0.125. The van der Waals surface area contributed by atoms with E-state index in [1.807, 2.05) is 12.1 Å². The number of hydrogen-bond acceptors (Lipinski definition) is 4. The first-order chi connectivity index (χ1) is 12.1. The van der Waals surface area contributed by atoms with Gasteiger partial charge in [-0.25, -0.2) is 0 Å². The zero-order valence-electron chi connectivity index (χ0n) is 14.1. The quantitative estimate of drug-likeness (QED) is 0.710. The third-order valence-corrected chi connectivity index (χ3v) is 5.57. The van der Waals surface area contributed by atoms with Crippen molar-refractivity contribution in [3.8, 4) is 0 Å². The number of amides is 3. The number of nitrogens with one attached hydrogen (secondary N) is 3. The molecular formula is C19H23N3O3. The van der Waals surface area contributed by atoms with Crippen LogP contribution in [-0.2, 0) is 16.0 Å². The molecule has 0 spiro atoms. The molecule has 3 heterocycles. The molecule has 6 heteroatoms. The van der Waals surface area contributed by atoms with Gasteiger partial charge in [-0.1, -0.05) is 12.1 Å². The van der Waals surface area contributed by atoms with E-state index in [4.69, 9.17) is 0 Å². The third-order valence-electron chi connectivity index (χ3n) is 5.57. The molecule has 0 saturated carbocycles. The summed E-state index contributed by atoms with van der Waals surface area (Å²) < 4.78 is 0. The molecule has 1 aromatic carbocycles. The van der Waals surface area contributed by atoms with E-state index in [1.54, 1.807) is 12.1 Å². The summed E-state index contributed by atoms with van der Waals surface area (Å²) in [5, 5.41) is 9.05. The van der Waals surface area contributed by atoms with Gasteiger partial charge in [-0.2, -0.15) is 0 Å². The molecule has 3 amide bonds. The van der Waals surface area contributed by atoms with E-state index >= 15 is 0 Å². The van der Waals surface area contributed by atoms with Crippen molar-refractivity contribution in [2.75, 3.05) is 0 Å². The van der Waals surface area contributed by atoms with Gasteiger partial charge in [0.1, 0.15) is 0 Å². The number of piperidine rings is 1. The van der Waals surface area contributed by atoms with Crippen LogP contribution in [0.25, 0.3) is 0 Å². The smallest absolute Gasteiger partial charge is 0.251 e. The predicted octanol–water partition coefficient (Wildman–Crippen LogP) is 0.905. The standard InChI is InChI=1S/C19H23N3O3/c23-17-8-13(19(25)22-17)7-11-1-3-12(4-2-11)18(24)21-16-9-14-5-6-15(10-16)20-14/h1-4,13-16,20H,5-10H2,(H,21,24)(H,22,23,25). The summed E-state index contributed by atoms with van der Waals surface area (Å²) in [4.78, 5) is 35.3. The molecule has 0 radical (unpaired) electrons. The highest BCUT2D eigenvalue weighted by Gasteiger charge is 2.34. The molecule has 2 bridgehead atoms. The van der Waals surface area contributed by atoms with Crippen molar-refractivity contribution < 1.29 is 14.4 Å². The topological polar surface area (TPSA) is 87.3 Å². The van der Waals surface area contributed by atoms with Crippen molar-refractivity contribution in [1.82, 2.24) is 16.0 Å². The number of hydrogen-bond donors (Lipinski definition) is 3. The van der Waals surface area contributed by atoms with Crippen LogP contribution in [0, 0.1) is 5.92 Å². The van der Waals surface area contributed by atoms with E-state index in [1.165, 1.54) is 12.8 Å². The fraction of sp³-hybridized carbons (Fsp3) is 0.526. The number of rotatable bonds is 4. The highest BCUT2D eigenvalue weighted by molar-refractivity contribution is 6.03. The lowest BCUT2D eigenvalue weighted by atomic mass is 9.96. The van der Waals surface area contributed by atoms with Crippen LogP contribution in [0.1, 0.15) is 48.0 Å². The zero-order valence-corrected chi connectivity index (χ0v) is 14.1. The zero-order chi connectivity index (χ0) is 17.4. The number of benzene rings is 1. The fourth-order valence-corrected chi connectivity index (χ4v) is 4.29. The molecule has 6 nitrogen and oxygen atoms in total. The Morgan fingerprint density at radius 3 is 2.36 bits per heavy atom. The van der Waals surface area contributed by atoms with Gasteiger partial charge in [-0.3, -0.25) is 19.7 Å². The van der Waals surface area contributed by atoms with Crippen LogP contribution < -0.4 is 16.0 Å². The molecule has 0 aromatic heterocycles. The van der Waals surface area contributed by atoms with E-state index in [0.29, 0.717) is 24.1 Å². The molecule has 3 saturated heterocycles. The van der Waals surface area contributed by atoms with E-state index in [-0.39, 0.29) is 36.1 Å². The lowest BCUT2D eigenvalue weighted by Crippen LogP contribution is -2.48. The minimum Gasteiger partial charge on any atom is -0.349 e. The summed E-state index contributed by atoms with van der Waals surface area (Å²) in [7, 11) is 0. The molecule has 3 atom stereocenters. The van der Waals surface area contributed by atoms with Crippen LogP contribution in [0.3, 0.4) is 0 Å². The van der Waals surface area contributed by atoms with Crippen molar-refractivity contribution in [1.29, 1.82) is 0 Å². The van der Waals surface area contributed by atoms with E-state index in [9.17, 15) is 14.4 Å². The van der Waals surface area contributed by atoms with Crippen LogP contribution in [0.2, 0.25) is 0 Å². The van der Waals surface area contributed by atoms with Crippen LogP contribution in [0.5, 0.6) is 0 Å². The Bertz CT molecular complexity index is 688.